The first-order valence-corrected chi connectivity index (χ1v) is 5.95. The molecule has 0 aliphatic rings. The van der Waals surface area contributed by atoms with E-state index in [1.54, 1.807) is 6.26 Å². The Bertz CT molecular complexity index is 509. The van der Waals surface area contributed by atoms with E-state index in [1.165, 1.54) is 0 Å². The van der Waals surface area contributed by atoms with E-state index in [-0.39, 0.29) is 0 Å². The Morgan fingerprint density at radius 1 is 1.33 bits per heavy atom. The van der Waals surface area contributed by atoms with E-state index in [0.717, 1.165) is 23.7 Å². The van der Waals surface area contributed by atoms with E-state index < -0.39 is 0 Å². The van der Waals surface area contributed by atoms with Crippen LogP contribution >= 0.6 is 0 Å². The summed E-state index contributed by atoms with van der Waals surface area (Å²) < 4.78 is 10.9. The number of hydrogen-bond donors (Lipinski definition) is 1. The average molecular weight is 247 g/mol. The van der Waals surface area contributed by atoms with Crippen LogP contribution in [0, 0.1) is 13.8 Å². The van der Waals surface area contributed by atoms with Gasteiger partial charge in [0.25, 0.3) is 0 Å². The Morgan fingerprint density at radius 2 is 2.17 bits per heavy atom. The van der Waals surface area contributed by atoms with Gasteiger partial charge in [0.2, 0.25) is 5.88 Å². The second-order valence-corrected chi connectivity index (χ2v) is 3.95. The Hall–Kier alpha value is -2.04. The number of rotatable bonds is 5. The minimum Gasteiger partial charge on any atom is -0.469 e. The highest BCUT2D eigenvalue weighted by Gasteiger charge is 2.10. The lowest BCUT2D eigenvalue weighted by Gasteiger charge is -2.12. The number of aromatic nitrogens is 2. The number of nitrogens with zero attached hydrogens (tertiary/aromatic N) is 2. The molecule has 0 saturated carbocycles. The van der Waals surface area contributed by atoms with Gasteiger partial charge in [0.05, 0.1) is 11.8 Å². The van der Waals surface area contributed by atoms with Crippen LogP contribution in [0.15, 0.2) is 22.8 Å². The molecule has 2 aromatic rings. The summed E-state index contributed by atoms with van der Waals surface area (Å²) in [6, 6.07) is 3.70. The van der Waals surface area contributed by atoms with Crippen molar-refractivity contribution >= 4 is 5.82 Å². The second-order valence-electron chi connectivity index (χ2n) is 3.95. The zero-order chi connectivity index (χ0) is 13.0. The number of furan rings is 1. The summed E-state index contributed by atoms with van der Waals surface area (Å²) in [5.41, 5.74) is 0.911. The zero-order valence-electron chi connectivity index (χ0n) is 10.9. The van der Waals surface area contributed by atoms with Gasteiger partial charge >= 0.3 is 0 Å². The lowest BCUT2D eigenvalue weighted by Crippen LogP contribution is -2.07. The fraction of sp³-hybridized carbons (Fsp3) is 0.385. The molecule has 0 amide bonds. The molecule has 1 N–H and O–H groups in total. The van der Waals surface area contributed by atoms with E-state index in [4.69, 9.17) is 9.15 Å². The average Bonchev–Trinajstić information content (AvgIpc) is 2.85. The molecule has 0 unspecified atom stereocenters. The standard InChI is InChI=1S/C13H17N3O2/c1-4-14-12-9(2)13(16-10(3)15-12)18-8-11-6-5-7-17-11/h5-7H,4,8H2,1-3H3,(H,14,15,16). The molecule has 0 aliphatic carbocycles. The van der Waals surface area contributed by atoms with Crippen LogP contribution in [0.1, 0.15) is 24.1 Å². The van der Waals surface area contributed by atoms with Gasteiger partial charge in [-0.25, -0.2) is 4.98 Å². The van der Waals surface area contributed by atoms with Crippen molar-refractivity contribution in [2.45, 2.75) is 27.4 Å². The molecular weight excluding hydrogens is 230 g/mol. The molecular formula is C13H17N3O2. The van der Waals surface area contributed by atoms with Crippen LogP contribution in [-0.2, 0) is 6.61 Å². The normalized spacial score (nSPS) is 10.4. The highest BCUT2D eigenvalue weighted by atomic mass is 16.5. The summed E-state index contributed by atoms with van der Waals surface area (Å²) in [6.45, 7) is 7.00. The second kappa shape index (κ2) is 5.53. The van der Waals surface area contributed by atoms with Crippen LogP contribution in [0.5, 0.6) is 5.88 Å². The molecule has 2 rings (SSSR count). The van der Waals surface area contributed by atoms with Gasteiger partial charge in [-0.15, -0.1) is 0 Å². The predicted molar refractivity (Wildman–Crippen MR) is 68.7 cm³/mol. The SMILES string of the molecule is CCNc1nc(C)nc(OCc2ccco2)c1C. The molecule has 0 bridgehead atoms. The summed E-state index contributed by atoms with van der Waals surface area (Å²) >= 11 is 0. The lowest BCUT2D eigenvalue weighted by molar-refractivity contribution is 0.258. The highest BCUT2D eigenvalue weighted by Crippen LogP contribution is 2.22. The van der Waals surface area contributed by atoms with Crippen molar-refractivity contribution < 1.29 is 9.15 Å². The summed E-state index contributed by atoms with van der Waals surface area (Å²) in [4.78, 5) is 8.64. The van der Waals surface area contributed by atoms with Gasteiger partial charge in [0, 0.05) is 6.54 Å². The number of anilines is 1. The van der Waals surface area contributed by atoms with Crippen molar-refractivity contribution in [1.82, 2.24) is 9.97 Å². The number of hydrogen-bond acceptors (Lipinski definition) is 5. The van der Waals surface area contributed by atoms with Crippen LogP contribution < -0.4 is 10.1 Å². The maximum Gasteiger partial charge on any atom is 0.222 e. The summed E-state index contributed by atoms with van der Waals surface area (Å²) in [5, 5.41) is 3.20. The van der Waals surface area contributed by atoms with Gasteiger partial charge in [-0.3, -0.25) is 0 Å². The number of aryl methyl sites for hydroxylation is 1. The van der Waals surface area contributed by atoms with Gasteiger partial charge in [0.1, 0.15) is 24.0 Å². The maximum atomic E-state index is 5.66. The van der Waals surface area contributed by atoms with Gasteiger partial charge in [-0.1, -0.05) is 0 Å². The van der Waals surface area contributed by atoms with E-state index >= 15 is 0 Å². The maximum absolute atomic E-state index is 5.66. The molecule has 0 aromatic carbocycles. The molecule has 0 radical (unpaired) electrons. The first kappa shape index (κ1) is 12.4. The smallest absolute Gasteiger partial charge is 0.222 e. The van der Waals surface area contributed by atoms with Crippen LogP contribution in [0.25, 0.3) is 0 Å². The third-order valence-electron chi connectivity index (χ3n) is 2.49. The monoisotopic (exact) mass is 247 g/mol. The van der Waals surface area contributed by atoms with E-state index in [1.807, 2.05) is 32.9 Å². The molecule has 2 heterocycles. The Labute approximate surface area is 106 Å². The molecule has 18 heavy (non-hydrogen) atoms. The van der Waals surface area contributed by atoms with Gasteiger partial charge in [0.15, 0.2) is 0 Å². The number of ether oxygens (including phenoxy) is 1. The molecule has 5 nitrogen and oxygen atoms in total. The molecule has 0 spiro atoms. The minimum absolute atomic E-state index is 0.371. The van der Waals surface area contributed by atoms with Gasteiger partial charge in [-0.2, -0.15) is 4.98 Å². The van der Waals surface area contributed by atoms with Crippen molar-refractivity contribution in [3.05, 3.63) is 35.5 Å². The largest absolute Gasteiger partial charge is 0.469 e. The van der Waals surface area contributed by atoms with E-state index in [2.05, 4.69) is 15.3 Å². The predicted octanol–water partition coefficient (Wildman–Crippen LogP) is 2.70. The van der Waals surface area contributed by atoms with Crippen molar-refractivity contribution in [3.8, 4) is 5.88 Å². The van der Waals surface area contributed by atoms with Crippen molar-refractivity contribution in [1.29, 1.82) is 0 Å². The van der Waals surface area contributed by atoms with Crippen molar-refractivity contribution in [3.63, 3.8) is 0 Å². The highest BCUT2D eigenvalue weighted by molar-refractivity contribution is 5.48. The molecule has 0 atom stereocenters. The Balaban J connectivity index is 2.16. The van der Waals surface area contributed by atoms with Crippen LogP contribution in [0.3, 0.4) is 0 Å². The Kier molecular flexibility index (Phi) is 3.82. The van der Waals surface area contributed by atoms with Crippen LogP contribution in [0.4, 0.5) is 5.82 Å². The van der Waals surface area contributed by atoms with E-state index in [0.29, 0.717) is 18.3 Å². The molecule has 0 aliphatic heterocycles. The first-order chi connectivity index (χ1) is 8.70. The molecule has 0 saturated heterocycles. The van der Waals surface area contributed by atoms with Crippen molar-refractivity contribution in [2.24, 2.45) is 0 Å². The first-order valence-electron chi connectivity index (χ1n) is 5.95. The fourth-order valence-corrected chi connectivity index (χ4v) is 1.62. The summed E-state index contributed by atoms with van der Waals surface area (Å²) in [6.07, 6.45) is 1.63. The fourth-order valence-electron chi connectivity index (χ4n) is 1.62. The van der Waals surface area contributed by atoms with Gasteiger partial charge in [-0.05, 0) is 32.9 Å². The van der Waals surface area contributed by atoms with Crippen molar-refractivity contribution in [2.75, 3.05) is 11.9 Å². The molecule has 5 heteroatoms. The minimum atomic E-state index is 0.371. The molecule has 0 fully saturated rings. The summed E-state index contributed by atoms with van der Waals surface area (Å²) in [5.74, 6) is 2.87. The molecule has 2 aromatic heterocycles. The third-order valence-corrected chi connectivity index (χ3v) is 2.49. The zero-order valence-corrected chi connectivity index (χ0v) is 10.9. The number of nitrogens with one attached hydrogen (secondary N) is 1. The van der Waals surface area contributed by atoms with E-state index in [9.17, 15) is 0 Å². The van der Waals surface area contributed by atoms with Crippen LogP contribution in [-0.4, -0.2) is 16.5 Å². The topological polar surface area (TPSA) is 60.2 Å². The quantitative estimate of drug-likeness (QED) is 0.880. The Morgan fingerprint density at radius 3 is 2.83 bits per heavy atom. The molecule has 96 valence electrons. The van der Waals surface area contributed by atoms with Crippen LogP contribution in [0.2, 0.25) is 0 Å². The third kappa shape index (κ3) is 2.80. The lowest BCUT2D eigenvalue weighted by atomic mass is 10.3. The van der Waals surface area contributed by atoms with Gasteiger partial charge < -0.3 is 14.5 Å². The summed E-state index contributed by atoms with van der Waals surface area (Å²) in [7, 11) is 0.